The topological polar surface area (TPSA) is 118 Å². The average molecular weight is 385 g/mol. The number of carboxylic acid groups (broad SMARTS) is 1. The van der Waals surface area contributed by atoms with E-state index in [-0.39, 0.29) is 45.7 Å². The molecule has 3 rings (SSSR count). The van der Waals surface area contributed by atoms with Crippen LogP contribution in [0.4, 0.5) is 5.69 Å². The SMILES string of the molecule is CC1=C(Cc2cccc(C(=O)O)c2)C(=O)c2c(N[SH](=O)=O)cccc2C1=O. The summed E-state index contributed by atoms with van der Waals surface area (Å²) in [7, 11) is -3.01. The molecule has 2 aromatic carbocycles. The molecule has 0 aromatic heterocycles. The van der Waals surface area contributed by atoms with Crippen molar-refractivity contribution in [3.05, 3.63) is 75.9 Å². The molecule has 0 radical (unpaired) electrons. The smallest absolute Gasteiger partial charge is 0.335 e. The molecule has 0 saturated carbocycles. The van der Waals surface area contributed by atoms with Gasteiger partial charge in [0.1, 0.15) is 0 Å². The molecule has 1 aliphatic rings. The maximum absolute atomic E-state index is 13.0. The van der Waals surface area contributed by atoms with Gasteiger partial charge in [-0.05, 0) is 30.7 Å². The van der Waals surface area contributed by atoms with Gasteiger partial charge in [-0.3, -0.25) is 14.3 Å². The number of aromatic carboxylic acids is 1. The van der Waals surface area contributed by atoms with Crippen molar-refractivity contribution in [3.63, 3.8) is 0 Å². The van der Waals surface area contributed by atoms with Crippen LogP contribution in [0.2, 0.25) is 0 Å². The number of fused-ring (bicyclic) bond motifs is 1. The molecule has 7 nitrogen and oxygen atoms in total. The van der Waals surface area contributed by atoms with Gasteiger partial charge in [-0.1, -0.05) is 24.3 Å². The second-order valence-electron chi connectivity index (χ2n) is 6.04. The van der Waals surface area contributed by atoms with Crippen molar-refractivity contribution in [3.8, 4) is 0 Å². The van der Waals surface area contributed by atoms with Crippen LogP contribution in [0.3, 0.4) is 0 Å². The molecule has 0 amide bonds. The van der Waals surface area contributed by atoms with Crippen LogP contribution in [0.15, 0.2) is 53.6 Å². The molecular weight excluding hydrogens is 370 g/mol. The summed E-state index contributed by atoms with van der Waals surface area (Å²) in [5, 5.41) is 9.11. The van der Waals surface area contributed by atoms with Gasteiger partial charge < -0.3 is 5.11 Å². The molecular formula is C19H15NO6S. The average Bonchev–Trinajstić information content (AvgIpc) is 2.63. The van der Waals surface area contributed by atoms with E-state index in [2.05, 4.69) is 4.72 Å². The Morgan fingerprint density at radius 3 is 2.44 bits per heavy atom. The lowest BCUT2D eigenvalue weighted by Gasteiger charge is -2.21. The summed E-state index contributed by atoms with van der Waals surface area (Å²) >= 11 is 0. The molecule has 0 aliphatic heterocycles. The summed E-state index contributed by atoms with van der Waals surface area (Å²) in [6.45, 7) is 1.54. The molecule has 2 N–H and O–H groups in total. The van der Waals surface area contributed by atoms with Crippen molar-refractivity contribution in [2.45, 2.75) is 13.3 Å². The van der Waals surface area contributed by atoms with Crippen molar-refractivity contribution < 1.29 is 27.9 Å². The van der Waals surface area contributed by atoms with E-state index in [1.807, 2.05) is 0 Å². The second kappa shape index (κ2) is 7.16. The van der Waals surface area contributed by atoms with Crippen LogP contribution in [0.5, 0.6) is 0 Å². The zero-order valence-corrected chi connectivity index (χ0v) is 15.1. The minimum absolute atomic E-state index is 0.0108. The molecule has 0 spiro atoms. The van der Waals surface area contributed by atoms with Crippen molar-refractivity contribution in [2.24, 2.45) is 0 Å². The highest BCUT2D eigenvalue weighted by molar-refractivity contribution is 7.73. The number of anilines is 1. The van der Waals surface area contributed by atoms with Crippen molar-refractivity contribution in [1.29, 1.82) is 0 Å². The summed E-state index contributed by atoms with van der Waals surface area (Å²) in [6, 6.07) is 10.5. The van der Waals surface area contributed by atoms with Gasteiger partial charge in [0.25, 0.3) is 0 Å². The van der Waals surface area contributed by atoms with Crippen molar-refractivity contribution in [2.75, 3.05) is 4.72 Å². The zero-order valence-electron chi connectivity index (χ0n) is 14.2. The van der Waals surface area contributed by atoms with Gasteiger partial charge in [-0.2, -0.15) is 0 Å². The molecule has 0 unspecified atom stereocenters. The van der Waals surface area contributed by atoms with E-state index in [1.165, 1.54) is 37.3 Å². The molecule has 0 atom stereocenters. The van der Waals surface area contributed by atoms with Crippen LogP contribution < -0.4 is 4.72 Å². The minimum atomic E-state index is -3.01. The van der Waals surface area contributed by atoms with E-state index < -0.39 is 22.6 Å². The van der Waals surface area contributed by atoms with E-state index in [9.17, 15) is 22.8 Å². The molecule has 27 heavy (non-hydrogen) atoms. The van der Waals surface area contributed by atoms with Crippen molar-refractivity contribution in [1.82, 2.24) is 0 Å². The van der Waals surface area contributed by atoms with E-state index in [4.69, 9.17) is 5.11 Å². The first-order chi connectivity index (χ1) is 12.8. The minimum Gasteiger partial charge on any atom is -0.478 e. The molecule has 0 heterocycles. The normalized spacial score (nSPS) is 13.7. The number of Topliss-reactive ketones (excluding diaryl/α,β-unsaturated/α-hetero) is 2. The Morgan fingerprint density at radius 2 is 1.78 bits per heavy atom. The number of ketones is 2. The first kappa shape index (κ1) is 18.5. The number of hydrogen-bond acceptors (Lipinski definition) is 5. The predicted octanol–water partition coefficient (Wildman–Crippen LogP) is 2.26. The summed E-state index contributed by atoms with van der Waals surface area (Å²) in [6.07, 6.45) is 0.0643. The third-order valence-corrected chi connectivity index (χ3v) is 4.79. The Kier molecular flexibility index (Phi) is 4.91. The Labute approximate surface area is 156 Å². The number of nitrogens with one attached hydrogen (secondary N) is 1. The fourth-order valence-electron chi connectivity index (χ4n) is 3.07. The molecule has 8 heteroatoms. The van der Waals surface area contributed by atoms with E-state index in [0.717, 1.165) is 0 Å². The lowest BCUT2D eigenvalue weighted by atomic mass is 9.81. The number of allylic oxidation sites excluding steroid dienone is 2. The molecule has 2 aromatic rings. The number of carbonyl (C=O) groups is 3. The Morgan fingerprint density at radius 1 is 1.07 bits per heavy atom. The van der Waals surface area contributed by atoms with Crippen LogP contribution in [0.1, 0.15) is 43.6 Å². The van der Waals surface area contributed by atoms with Crippen LogP contribution in [-0.4, -0.2) is 31.1 Å². The monoisotopic (exact) mass is 385 g/mol. The van der Waals surface area contributed by atoms with E-state index >= 15 is 0 Å². The van der Waals surface area contributed by atoms with Gasteiger partial charge in [-0.25, -0.2) is 13.2 Å². The first-order valence-electron chi connectivity index (χ1n) is 7.95. The maximum Gasteiger partial charge on any atom is 0.335 e. The summed E-state index contributed by atoms with van der Waals surface area (Å²) in [5.41, 5.74) is 1.31. The second-order valence-corrected chi connectivity index (χ2v) is 6.78. The van der Waals surface area contributed by atoms with Gasteiger partial charge in [0.15, 0.2) is 11.6 Å². The molecule has 0 bridgehead atoms. The summed E-state index contributed by atoms with van der Waals surface area (Å²) < 4.78 is 24.3. The lowest BCUT2D eigenvalue weighted by Crippen LogP contribution is -2.23. The predicted molar refractivity (Wildman–Crippen MR) is 98.8 cm³/mol. The van der Waals surface area contributed by atoms with Gasteiger partial charge in [0.2, 0.25) is 10.9 Å². The first-order valence-corrected chi connectivity index (χ1v) is 9.12. The summed E-state index contributed by atoms with van der Waals surface area (Å²) in [5.74, 6) is -1.91. The number of rotatable bonds is 5. The van der Waals surface area contributed by atoms with Gasteiger partial charge in [-0.15, -0.1) is 0 Å². The number of thiol groups is 1. The van der Waals surface area contributed by atoms with Crippen molar-refractivity contribution >= 4 is 34.1 Å². The van der Waals surface area contributed by atoms with Gasteiger partial charge in [0, 0.05) is 23.1 Å². The Bertz CT molecular complexity index is 1090. The fourth-order valence-corrected chi connectivity index (χ4v) is 3.45. The number of carboxylic acids is 1. The fraction of sp³-hybridized carbons (Fsp3) is 0.105. The van der Waals surface area contributed by atoms with Gasteiger partial charge >= 0.3 is 5.97 Å². The van der Waals surface area contributed by atoms with Crippen LogP contribution >= 0.6 is 0 Å². The van der Waals surface area contributed by atoms with E-state index in [1.54, 1.807) is 12.1 Å². The zero-order chi connectivity index (χ0) is 19.7. The molecule has 0 fully saturated rings. The van der Waals surface area contributed by atoms with E-state index in [0.29, 0.717) is 5.56 Å². The highest BCUT2D eigenvalue weighted by Crippen LogP contribution is 2.33. The maximum atomic E-state index is 13.0. The number of benzene rings is 2. The molecule has 0 saturated heterocycles. The highest BCUT2D eigenvalue weighted by atomic mass is 32.2. The number of hydrogen-bond donors (Lipinski definition) is 3. The molecule has 138 valence electrons. The van der Waals surface area contributed by atoms with Gasteiger partial charge in [0.05, 0.1) is 16.8 Å². The third kappa shape index (κ3) is 3.52. The number of carbonyl (C=O) groups excluding carboxylic acids is 2. The quantitative estimate of drug-likeness (QED) is 0.680. The third-order valence-electron chi connectivity index (χ3n) is 4.37. The lowest BCUT2D eigenvalue weighted by molar-refractivity contribution is 0.0696. The Balaban J connectivity index is 2.07. The standard InChI is InChI=1S/C19H15NO6S/c1-10-14(9-11-4-2-5-12(8-11)19(23)24)18(22)16-13(17(10)21)6-3-7-15(16)20-27(25)26/h2-8,27H,9H2,1H3,(H,23,24)(H,20,25,26). The highest BCUT2D eigenvalue weighted by Gasteiger charge is 2.32. The molecule has 1 aliphatic carbocycles. The largest absolute Gasteiger partial charge is 0.478 e. The summed E-state index contributed by atoms with van der Waals surface area (Å²) in [4.78, 5) is 36.9. The van der Waals surface area contributed by atoms with Crippen LogP contribution in [0, 0.1) is 0 Å². The Hall–Kier alpha value is -3.26. The van der Waals surface area contributed by atoms with Crippen LogP contribution in [-0.2, 0) is 17.3 Å². The van der Waals surface area contributed by atoms with Crippen LogP contribution in [0.25, 0.3) is 0 Å².